The molecule has 2 fully saturated rings. The van der Waals surface area contributed by atoms with Gasteiger partial charge in [0, 0.05) is 50.6 Å². The number of carbonyl (C=O) groups is 3. The monoisotopic (exact) mass is 540 g/mol. The Balaban J connectivity index is 1.49. The van der Waals surface area contributed by atoms with Crippen LogP contribution in [0.1, 0.15) is 19.8 Å². The van der Waals surface area contributed by atoms with Gasteiger partial charge in [-0.15, -0.1) is 11.8 Å². The quantitative estimate of drug-likeness (QED) is 0.332. The van der Waals surface area contributed by atoms with E-state index < -0.39 is 11.8 Å². The second-order valence-electron chi connectivity index (χ2n) is 9.43. The van der Waals surface area contributed by atoms with Gasteiger partial charge in [0.1, 0.15) is 17.7 Å². The third kappa shape index (κ3) is 8.35. The number of nitrogens with one attached hydrogen (secondary N) is 3. The number of likely N-dealkylation sites (N-methyl/N-ethyl adjacent to an activating group) is 1. The van der Waals surface area contributed by atoms with Gasteiger partial charge in [-0.3, -0.25) is 19.3 Å². The van der Waals surface area contributed by atoms with Crippen molar-refractivity contribution in [3.63, 3.8) is 0 Å². The molecule has 1 aromatic rings. The Morgan fingerprint density at radius 1 is 1.18 bits per heavy atom. The molecule has 2 saturated heterocycles. The maximum atomic E-state index is 13.0. The SMILES string of the molecule is CCN1C(=O)C(CNc2cccc(NC(=O)CN3CCN(C)CC3)c2)SC1CCC(C#N)C(=O)NCC#N. The molecule has 3 N–H and O–H groups in total. The molecule has 3 rings (SSSR count). The van der Waals surface area contributed by atoms with Crippen LogP contribution in [0.25, 0.3) is 0 Å². The van der Waals surface area contributed by atoms with Gasteiger partial charge in [-0.05, 0) is 45.0 Å². The van der Waals surface area contributed by atoms with Gasteiger partial charge in [-0.25, -0.2) is 0 Å². The molecule has 11 nitrogen and oxygen atoms in total. The first-order valence-electron chi connectivity index (χ1n) is 12.9. The van der Waals surface area contributed by atoms with Crippen LogP contribution in [-0.4, -0.2) is 102 Å². The molecule has 3 unspecified atom stereocenters. The normalized spacial score (nSPS) is 20.8. The third-order valence-corrected chi connectivity index (χ3v) is 8.19. The fraction of sp³-hybridized carbons (Fsp3) is 0.577. The van der Waals surface area contributed by atoms with E-state index in [1.54, 1.807) is 4.90 Å². The summed E-state index contributed by atoms with van der Waals surface area (Å²) in [5.74, 6) is -1.34. The summed E-state index contributed by atoms with van der Waals surface area (Å²) in [7, 11) is 2.08. The fourth-order valence-corrected chi connectivity index (χ4v) is 5.99. The number of benzene rings is 1. The molecule has 0 radical (unpaired) electrons. The molecule has 0 saturated carbocycles. The van der Waals surface area contributed by atoms with Gasteiger partial charge in [0.25, 0.3) is 0 Å². The Bertz CT molecular complexity index is 1060. The number of hydrogen-bond donors (Lipinski definition) is 3. The van der Waals surface area contributed by atoms with Crippen molar-refractivity contribution in [1.29, 1.82) is 10.5 Å². The summed E-state index contributed by atoms with van der Waals surface area (Å²) in [6.45, 7) is 6.76. The minimum Gasteiger partial charge on any atom is -0.383 e. The highest BCUT2D eigenvalue weighted by atomic mass is 32.2. The predicted molar refractivity (Wildman–Crippen MR) is 147 cm³/mol. The van der Waals surface area contributed by atoms with Crippen LogP contribution in [0, 0.1) is 28.6 Å². The van der Waals surface area contributed by atoms with Gasteiger partial charge in [0.15, 0.2) is 0 Å². The molecule has 0 spiro atoms. The van der Waals surface area contributed by atoms with Crippen LogP contribution in [0.2, 0.25) is 0 Å². The molecule has 3 amide bonds. The van der Waals surface area contributed by atoms with Crippen molar-refractivity contribution in [1.82, 2.24) is 20.0 Å². The zero-order valence-corrected chi connectivity index (χ0v) is 22.8. The number of nitrogens with zero attached hydrogens (tertiary/aromatic N) is 5. The maximum Gasteiger partial charge on any atom is 0.238 e. The molecule has 2 aliphatic heterocycles. The third-order valence-electron chi connectivity index (χ3n) is 6.69. The van der Waals surface area contributed by atoms with E-state index >= 15 is 0 Å². The molecule has 0 aliphatic carbocycles. The summed E-state index contributed by atoms with van der Waals surface area (Å²) >= 11 is 1.53. The van der Waals surface area contributed by atoms with Gasteiger partial charge in [-0.2, -0.15) is 10.5 Å². The first kappa shape index (κ1) is 29.2. The standard InChI is InChI=1S/C26H36N8O3S/c1-3-34-24(8-7-19(16-28)25(36)29-10-9-27)38-22(26(34)37)17-30-20-5-4-6-21(15-20)31-23(35)18-33-13-11-32(2)12-14-33/h4-6,15,19,22,24,30H,3,7-8,10-14,17-18H2,1-2H3,(H,29,36)(H,31,35). The van der Waals surface area contributed by atoms with Crippen LogP contribution < -0.4 is 16.0 Å². The molecule has 0 bridgehead atoms. The topological polar surface area (TPSA) is 145 Å². The number of hydrogen-bond acceptors (Lipinski definition) is 9. The van der Waals surface area contributed by atoms with Gasteiger partial charge < -0.3 is 25.8 Å². The molecule has 3 atom stereocenters. The lowest BCUT2D eigenvalue weighted by molar-refractivity contribution is -0.129. The van der Waals surface area contributed by atoms with Crippen molar-refractivity contribution in [2.75, 3.05) is 70.0 Å². The van der Waals surface area contributed by atoms with E-state index in [1.807, 2.05) is 43.3 Å². The van der Waals surface area contributed by atoms with Crippen molar-refractivity contribution < 1.29 is 14.4 Å². The Kier molecular flexibility index (Phi) is 11.2. The molecule has 204 valence electrons. The van der Waals surface area contributed by atoms with E-state index in [0.29, 0.717) is 38.2 Å². The number of nitriles is 2. The lowest BCUT2D eigenvalue weighted by atomic mass is 10.0. The Labute approximate surface area is 228 Å². The Hall–Kier alpha value is -3.32. The van der Waals surface area contributed by atoms with Crippen LogP contribution in [0.3, 0.4) is 0 Å². The smallest absolute Gasteiger partial charge is 0.238 e. The zero-order valence-electron chi connectivity index (χ0n) is 22.0. The van der Waals surface area contributed by atoms with E-state index in [-0.39, 0.29) is 29.0 Å². The highest BCUT2D eigenvalue weighted by Crippen LogP contribution is 2.35. The number of rotatable bonds is 12. The van der Waals surface area contributed by atoms with Crippen molar-refractivity contribution in [2.24, 2.45) is 5.92 Å². The summed E-state index contributed by atoms with van der Waals surface area (Å²) in [6.07, 6.45) is 0.818. The van der Waals surface area contributed by atoms with Crippen LogP contribution in [-0.2, 0) is 14.4 Å². The highest BCUT2D eigenvalue weighted by Gasteiger charge is 2.39. The molecule has 2 aliphatic rings. The van der Waals surface area contributed by atoms with E-state index in [9.17, 15) is 19.6 Å². The van der Waals surface area contributed by atoms with Crippen LogP contribution in [0.15, 0.2) is 24.3 Å². The average molecular weight is 541 g/mol. The largest absolute Gasteiger partial charge is 0.383 e. The molecule has 0 aromatic heterocycles. The van der Waals surface area contributed by atoms with Crippen molar-refractivity contribution in [3.05, 3.63) is 24.3 Å². The molecular formula is C26H36N8O3S. The average Bonchev–Trinajstić information content (AvgIpc) is 3.22. The summed E-state index contributed by atoms with van der Waals surface area (Å²) in [5, 5.41) is 26.3. The molecule has 38 heavy (non-hydrogen) atoms. The minimum absolute atomic E-state index is 0.0223. The maximum absolute atomic E-state index is 13.0. The van der Waals surface area contributed by atoms with Gasteiger partial charge in [0.05, 0.1) is 24.1 Å². The summed E-state index contributed by atoms with van der Waals surface area (Å²) in [6, 6.07) is 11.3. The minimum atomic E-state index is -0.857. The second-order valence-corrected chi connectivity index (χ2v) is 10.8. The second kappa shape index (κ2) is 14.6. The number of piperazine rings is 1. The van der Waals surface area contributed by atoms with Crippen molar-refractivity contribution >= 4 is 40.9 Å². The summed E-state index contributed by atoms with van der Waals surface area (Å²) in [4.78, 5) is 43.8. The Morgan fingerprint density at radius 3 is 2.61 bits per heavy atom. The van der Waals surface area contributed by atoms with Gasteiger partial charge in [0.2, 0.25) is 17.7 Å². The van der Waals surface area contributed by atoms with E-state index in [0.717, 1.165) is 31.9 Å². The van der Waals surface area contributed by atoms with Crippen LogP contribution in [0.4, 0.5) is 11.4 Å². The first-order valence-corrected chi connectivity index (χ1v) is 13.8. The molecule has 1 aromatic carbocycles. The zero-order chi connectivity index (χ0) is 27.5. The highest BCUT2D eigenvalue weighted by molar-refractivity contribution is 8.01. The Morgan fingerprint density at radius 2 is 1.92 bits per heavy atom. The lowest BCUT2D eigenvalue weighted by Crippen LogP contribution is -2.47. The van der Waals surface area contributed by atoms with Crippen molar-refractivity contribution in [3.8, 4) is 12.1 Å². The number of amides is 3. The van der Waals surface area contributed by atoms with E-state index in [1.165, 1.54) is 11.8 Å². The number of anilines is 2. The molecular weight excluding hydrogens is 504 g/mol. The summed E-state index contributed by atoms with van der Waals surface area (Å²) < 4.78 is 0. The van der Waals surface area contributed by atoms with E-state index in [2.05, 4.69) is 32.8 Å². The number of thioether (sulfide) groups is 1. The van der Waals surface area contributed by atoms with E-state index in [4.69, 9.17) is 5.26 Å². The van der Waals surface area contributed by atoms with Gasteiger partial charge in [-0.1, -0.05) is 6.07 Å². The van der Waals surface area contributed by atoms with Crippen LogP contribution in [0.5, 0.6) is 0 Å². The number of carbonyl (C=O) groups excluding carboxylic acids is 3. The first-order chi connectivity index (χ1) is 18.3. The predicted octanol–water partition coefficient (Wildman–Crippen LogP) is 1.13. The molecule has 2 heterocycles. The van der Waals surface area contributed by atoms with Crippen molar-refractivity contribution in [2.45, 2.75) is 30.4 Å². The lowest BCUT2D eigenvalue weighted by Gasteiger charge is -2.31. The summed E-state index contributed by atoms with van der Waals surface area (Å²) in [5.41, 5.74) is 1.51. The fourth-order valence-electron chi connectivity index (χ4n) is 4.51. The van der Waals surface area contributed by atoms with Gasteiger partial charge >= 0.3 is 0 Å². The van der Waals surface area contributed by atoms with Crippen LogP contribution >= 0.6 is 11.8 Å². The molecule has 12 heteroatoms.